The first kappa shape index (κ1) is 12.5. The topological polar surface area (TPSA) is 21.6 Å². The fourth-order valence-electron chi connectivity index (χ4n) is 1.61. The van der Waals surface area contributed by atoms with Gasteiger partial charge in [-0.1, -0.05) is 39.0 Å². The zero-order chi connectivity index (χ0) is 12.3. The van der Waals surface area contributed by atoms with Crippen LogP contribution in [-0.4, -0.2) is 24.3 Å². The summed E-state index contributed by atoms with van der Waals surface area (Å²) in [4.78, 5) is 5.91. The highest BCUT2D eigenvalue weighted by molar-refractivity contribution is 8.00. The van der Waals surface area contributed by atoms with Crippen LogP contribution in [0.25, 0.3) is 0 Å². The molecule has 0 amide bonds. The lowest BCUT2D eigenvalue weighted by Gasteiger charge is -2.21. The monoisotopic (exact) mass is 249 g/mol. The van der Waals surface area contributed by atoms with Crippen LogP contribution >= 0.6 is 11.8 Å². The first-order valence-electron chi connectivity index (χ1n) is 5.93. The van der Waals surface area contributed by atoms with E-state index < -0.39 is 0 Å². The maximum atomic E-state index is 5.64. The fourth-order valence-corrected chi connectivity index (χ4v) is 2.41. The average Bonchev–Trinajstić information content (AvgIpc) is 2.76. The van der Waals surface area contributed by atoms with Gasteiger partial charge >= 0.3 is 0 Å². The number of hydrogen-bond acceptors (Lipinski definition) is 3. The molecule has 0 aliphatic carbocycles. The molecule has 0 bridgehead atoms. The molecule has 1 aliphatic rings. The van der Waals surface area contributed by atoms with Crippen LogP contribution in [0.15, 0.2) is 40.2 Å². The van der Waals surface area contributed by atoms with E-state index in [0.29, 0.717) is 6.04 Å². The summed E-state index contributed by atoms with van der Waals surface area (Å²) in [6, 6.07) is 10.7. The summed E-state index contributed by atoms with van der Waals surface area (Å²) >= 11 is 1.77. The first-order chi connectivity index (χ1) is 8.05. The van der Waals surface area contributed by atoms with E-state index in [1.807, 2.05) is 6.07 Å². The highest BCUT2D eigenvalue weighted by Gasteiger charge is 2.29. The van der Waals surface area contributed by atoms with Gasteiger partial charge in [-0.3, -0.25) is 0 Å². The number of hydrogen-bond donors (Lipinski definition) is 0. The predicted octanol–water partition coefficient (Wildman–Crippen LogP) is 3.62. The summed E-state index contributed by atoms with van der Waals surface area (Å²) in [6.07, 6.45) is 0. The van der Waals surface area contributed by atoms with Crippen LogP contribution in [0.5, 0.6) is 0 Å². The van der Waals surface area contributed by atoms with Gasteiger partial charge in [0.15, 0.2) is 5.90 Å². The normalized spacial score (nSPS) is 19.9. The molecule has 0 aromatic heterocycles. The number of benzene rings is 1. The molecule has 1 aromatic carbocycles. The van der Waals surface area contributed by atoms with Gasteiger partial charge in [0, 0.05) is 4.90 Å². The van der Waals surface area contributed by atoms with Crippen molar-refractivity contribution in [2.75, 3.05) is 12.4 Å². The van der Waals surface area contributed by atoms with Crippen molar-refractivity contribution < 1.29 is 4.74 Å². The van der Waals surface area contributed by atoms with Crippen LogP contribution in [0.1, 0.15) is 20.8 Å². The molecule has 0 saturated heterocycles. The second-order valence-electron chi connectivity index (χ2n) is 5.32. The number of ether oxygens (including phenoxy) is 1. The van der Waals surface area contributed by atoms with E-state index in [1.165, 1.54) is 4.90 Å². The minimum Gasteiger partial charge on any atom is -0.478 e. The molecule has 2 nitrogen and oxygen atoms in total. The van der Waals surface area contributed by atoms with Gasteiger partial charge in [-0.05, 0) is 17.5 Å². The van der Waals surface area contributed by atoms with E-state index in [0.717, 1.165) is 18.3 Å². The molecule has 0 N–H and O–H groups in total. The van der Waals surface area contributed by atoms with Gasteiger partial charge < -0.3 is 4.74 Å². The van der Waals surface area contributed by atoms with Crippen molar-refractivity contribution in [2.24, 2.45) is 10.4 Å². The number of thioether (sulfide) groups is 1. The number of rotatable bonds is 3. The highest BCUT2D eigenvalue weighted by atomic mass is 32.2. The Balaban J connectivity index is 1.89. The second kappa shape index (κ2) is 5.13. The number of aliphatic imine (C=N–C) groups is 1. The van der Waals surface area contributed by atoms with Gasteiger partial charge in [0.05, 0.1) is 11.8 Å². The van der Waals surface area contributed by atoms with Crippen molar-refractivity contribution in [3.8, 4) is 0 Å². The summed E-state index contributed by atoms with van der Waals surface area (Å²) in [5.74, 6) is 1.72. The summed E-state index contributed by atoms with van der Waals surface area (Å²) < 4.78 is 5.64. The Morgan fingerprint density at radius 3 is 2.59 bits per heavy atom. The van der Waals surface area contributed by atoms with Crippen molar-refractivity contribution in [3.05, 3.63) is 30.3 Å². The molecular formula is C14H19NOS. The molecule has 1 aliphatic heterocycles. The van der Waals surface area contributed by atoms with Crippen molar-refractivity contribution >= 4 is 17.7 Å². The maximum Gasteiger partial charge on any atom is 0.194 e. The molecular weight excluding hydrogens is 230 g/mol. The Morgan fingerprint density at radius 2 is 2.00 bits per heavy atom. The molecule has 17 heavy (non-hydrogen) atoms. The SMILES string of the molecule is CC(C)(C)[C@H]1COC(CSc2ccccc2)=N1. The molecule has 0 saturated carbocycles. The van der Waals surface area contributed by atoms with Crippen molar-refractivity contribution in [1.82, 2.24) is 0 Å². The Labute approximate surface area is 107 Å². The molecule has 2 rings (SSSR count). The van der Waals surface area contributed by atoms with Crippen molar-refractivity contribution in [2.45, 2.75) is 31.7 Å². The van der Waals surface area contributed by atoms with Crippen LogP contribution in [0.4, 0.5) is 0 Å². The Hall–Kier alpha value is -0.960. The van der Waals surface area contributed by atoms with Crippen molar-refractivity contribution in [3.63, 3.8) is 0 Å². The largest absolute Gasteiger partial charge is 0.478 e. The summed E-state index contributed by atoms with van der Waals surface area (Å²) in [5.41, 5.74) is 0.194. The molecule has 0 spiro atoms. The lowest BCUT2D eigenvalue weighted by molar-refractivity contribution is 0.235. The third kappa shape index (κ3) is 3.50. The lowest BCUT2D eigenvalue weighted by Crippen LogP contribution is -2.25. The average molecular weight is 249 g/mol. The van der Waals surface area contributed by atoms with Gasteiger partial charge in [0.1, 0.15) is 6.61 Å². The van der Waals surface area contributed by atoms with Crippen LogP contribution < -0.4 is 0 Å². The zero-order valence-corrected chi connectivity index (χ0v) is 11.5. The fraction of sp³-hybridized carbons (Fsp3) is 0.500. The van der Waals surface area contributed by atoms with Crippen LogP contribution in [-0.2, 0) is 4.74 Å². The molecule has 1 aromatic rings. The Bertz CT molecular complexity index is 394. The lowest BCUT2D eigenvalue weighted by atomic mass is 9.88. The molecule has 1 atom stereocenters. The third-order valence-corrected chi connectivity index (χ3v) is 3.81. The van der Waals surface area contributed by atoms with E-state index in [2.05, 4.69) is 50.0 Å². The quantitative estimate of drug-likeness (QED) is 0.763. The molecule has 1 heterocycles. The molecule has 92 valence electrons. The minimum absolute atomic E-state index is 0.194. The molecule has 0 fully saturated rings. The Morgan fingerprint density at radius 1 is 1.29 bits per heavy atom. The van der Waals surface area contributed by atoms with E-state index in [4.69, 9.17) is 4.74 Å². The molecule has 0 unspecified atom stereocenters. The predicted molar refractivity (Wildman–Crippen MR) is 73.8 cm³/mol. The smallest absolute Gasteiger partial charge is 0.194 e. The Kier molecular flexibility index (Phi) is 3.77. The van der Waals surface area contributed by atoms with Gasteiger partial charge in [-0.2, -0.15) is 0 Å². The standard InChI is InChI=1S/C14H19NOS/c1-14(2,3)12-9-16-13(15-12)10-17-11-7-5-4-6-8-11/h4-8,12H,9-10H2,1-3H3/t12-/m1/s1. The van der Waals surface area contributed by atoms with Gasteiger partial charge in [0.25, 0.3) is 0 Å². The molecule has 0 radical (unpaired) electrons. The minimum atomic E-state index is 0.194. The number of nitrogens with zero attached hydrogens (tertiary/aromatic N) is 1. The van der Waals surface area contributed by atoms with Crippen LogP contribution in [0.3, 0.4) is 0 Å². The first-order valence-corrected chi connectivity index (χ1v) is 6.91. The molecule has 3 heteroatoms. The van der Waals surface area contributed by atoms with E-state index >= 15 is 0 Å². The van der Waals surface area contributed by atoms with E-state index in [9.17, 15) is 0 Å². The highest BCUT2D eigenvalue weighted by Crippen LogP contribution is 2.27. The summed E-state index contributed by atoms with van der Waals surface area (Å²) in [6.45, 7) is 7.35. The van der Waals surface area contributed by atoms with Crippen LogP contribution in [0, 0.1) is 5.41 Å². The van der Waals surface area contributed by atoms with Gasteiger partial charge in [-0.15, -0.1) is 11.8 Å². The van der Waals surface area contributed by atoms with Crippen LogP contribution in [0.2, 0.25) is 0 Å². The van der Waals surface area contributed by atoms with Gasteiger partial charge in [0.2, 0.25) is 0 Å². The second-order valence-corrected chi connectivity index (χ2v) is 6.37. The third-order valence-electron chi connectivity index (χ3n) is 2.81. The van der Waals surface area contributed by atoms with Gasteiger partial charge in [-0.25, -0.2) is 4.99 Å². The summed E-state index contributed by atoms with van der Waals surface area (Å²) in [7, 11) is 0. The van der Waals surface area contributed by atoms with Crippen molar-refractivity contribution in [1.29, 1.82) is 0 Å². The zero-order valence-electron chi connectivity index (χ0n) is 10.6. The van der Waals surface area contributed by atoms with E-state index in [-0.39, 0.29) is 5.41 Å². The summed E-state index contributed by atoms with van der Waals surface area (Å²) in [5, 5.41) is 0. The van der Waals surface area contributed by atoms with E-state index in [1.54, 1.807) is 11.8 Å². The maximum absolute atomic E-state index is 5.64.